The minimum Gasteiger partial charge on any atom is -0.375 e. The Morgan fingerprint density at radius 3 is 2.33 bits per heavy atom. The van der Waals surface area contributed by atoms with Crippen LogP contribution in [0.2, 0.25) is 0 Å². The number of likely N-dealkylation sites (N-methyl/N-ethyl adjacent to an activating group) is 1. The van der Waals surface area contributed by atoms with Crippen molar-refractivity contribution in [1.29, 1.82) is 0 Å². The molecule has 100 valence electrons. The summed E-state index contributed by atoms with van der Waals surface area (Å²) in [4.78, 5) is 2.30. The van der Waals surface area contributed by atoms with Crippen molar-refractivity contribution in [2.45, 2.75) is 32.9 Å². The largest absolute Gasteiger partial charge is 0.375 e. The molecule has 2 nitrogen and oxygen atoms in total. The molecule has 0 unspecified atom stereocenters. The summed E-state index contributed by atoms with van der Waals surface area (Å²) in [5, 5.41) is 0. The maximum atomic E-state index is 5.69. The second-order valence-electron chi connectivity index (χ2n) is 5.59. The quantitative estimate of drug-likeness (QED) is 0.712. The van der Waals surface area contributed by atoms with Gasteiger partial charge in [0.1, 0.15) is 0 Å². The first kappa shape index (κ1) is 14.9. The van der Waals surface area contributed by atoms with Crippen molar-refractivity contribution < 1.29 is 4.74 Å². The van der Waals surface area contributed by atoms with Gasteiger partial charge in [0, 0.05) is 12.1 Å². The zero-order valence-corrected chi connectivity index (χ0v) is 12.1. The van der Waals surface area contributed by atoms with Crippen molar-refractivity contribution in [2.75, 3.05) is 20.2 Å². The zero-order chi connectivity index (χ0) is 13.6. The Bertz CT molecular complexity index is 362. The van der Waals surface area contributed by atoms with Gasteiger partial charge in [-0.2, -0.15) is 0 Å². The van der Waals surface area contributed by atoms with Gasteiger partial charge in [-0.05, 0) is 38.9 Å². The van der Waals surface area contributed by atoms with E-state index < -0.39 is 0 Å². The fourth-order valence-electron chi connectivity index (χ4n) is 1.48. The second-order valence-corrected chi connectivity index (χ2v) is 5.59. The van der Waals surface area contributed by atoms with Gasteiger partial charge in [0.2, 0.25) is 0 Å². The van der Waals surface area contributed by atoms with Crippen LogP contribution in [0, 0.1) is 0 Å². The maximum Gasteiger partial charge on any atom is 0.0717 e. The van der Waals surface area contributed by atoms with E-state index in [-0.39, 0.29) is 5.54 Å². The lowest BCUT2D eigenvalue weighted by molar-refractivity contribution is 0.0723. The van der Waals surface area contributed by atoms with Gasteiger partial charge in [0.05, 0.1) is 13.2 Å². The van der Waals surface area contributed by atoms with Crippen LogP contribution in [0.3, 0.4) is 0 Å². The molecule has 0 saturated carbocycles. The average Bonchev–Trinajstić information content (AvgIpc) is 2.34. The van der Waals surface area contributed by atoms with Crippen molar-refractivity contribution in [2.24, 2.45) is 0 Å². The molecule has 0 aliphatic carbocycles. The summed E-state index contributed by atoms with van der Waals surface area (Å²) in [6.07, 6.45) is 1.85. The Morgan fingerprint density at radius 2 is 1.83 bits per heavy atom. The minimum atomic E-state index is 0.203. The smallest absolute Gasteiger partial charge is 0.0717 e. The second kappa shape index (κ2) is 6.72. The molecule has 0 heterocycles. The molecule has 1 rings (SSSR count). The first-order valence-electron chi connectivity index (χ1n) is 6.44. The van der Waals surface area contributed by atoms with E-state index in [4.69, 9.17) is 4.74 Å². The van der Waals surface area contributed by atoms with Crippen LogP contribution >= 0.6 is 0 Å². The molecule has 0 fully saturated rings. The van der Waals surface area contributed by atoms with Crippen LogP contribution in [0.1, 0.15) is 31.9 Å². The van der Waals surface area contributed by atoms with Crippen LogP contribution in [0.4, 0.5) is 0 Å². The third-order valence-electron chi connectivity index (χ3n) is 3.20. The van der Waals surface area contributed by atoms with E-state index >= 15 is 0 Å². The van der Waals surface area contributed by atoms with Crippen LogP contribution in [0.15, 0.2) is 30.8 Å². The Hall–Kier alpha value is -1.12. The summed E-state index contributed by atoms with van der Waals surface area (Å²) in [6, 6.07) is 8.30. The van der Waals surface area contributed by atoms with Gasteiger partial charge in [0.25, 0.3) is 0 Å². The molecule has 0 amide bonds. The molecule has 0 saturated heterocycles. The summed E-state index contributed by atoms with van der Waals surface area (Å²) < 4.78 is 5.69. The lowest BCUT2D eigenvalue weighted by atomic mass is 10.1. The summed E-state index contributed by atoms with van der Waals surface area (Å²) >= 11 is 0. The third-order valence-corrected chi connectivity index (χ3v) is 3.20. The highest BCUT2D eigenvalue weighted by Gasteiger charge is 2.15. The van der Waals surface area contributed by atoms with Gasteiger partial charge in [-0.15, -0.1) is 0 Å². The molecule has 0 aliphatic heterocycles. The van der Waals surface area contributed by atoms with Crippen molar-refractivity contribution >= 4 is 6.08 Å². The van der Waals surface area contributed by atoms with E-state index in [0.29, 0.717) is 6.61 Å². The number of nitrogens with zero attached hydrogens (tertiary/aromatic N) is 1. The van der Waals surface area contributed by atoms with Gasteiger partial charge >= 0.3 is 0 Å². The lowest BCUT2D eigenvalue weighted by Gasteiger charge is -2.31. The van der Waals surface area contributed by atoms with E-state index in [1.54, 1.807) is 0 Å². The number of hydrogen-bond donors (Lipinski definition) is 0. The van der Waals surface area contributed by atoms with Gasteiger partial charge in [-0.3, -0.25) is 4.90 Å². The van der Waals surface area contributed by atoms with Crippen LogP contribution in [0.5, 0.6) is 0 Å². The van der Waals surface area contributed by atoms with E-state index in [1.807, 2.05) is 6.08 Å². The van der Waals surface area contributed by atoms with Crippen molar-refractivity contribution in [1.82, 2.24) is 4.90 Å². The molecule has 1 aromatic rings. The van der Waals surface area contributed by atoms with Crippen LogP contribution < -0.4 is 0 Å². The Labute approximate surface area is 111 Å². The summed E-state index contributed by atoms with van der Waals surface area (Å²) in [6.45, 7) is 12.8. The van der Waals surface area contributed by atoms with E-state index in [2.05, 4.69) is 63.6 Å². The molecular weight excluding hydrogens is 222 g/mol. The summed E-state index contributed by atoms with van der Waals surface area (Å²) in [5.74, 6) is 0. The first-order chi connectivity index (χ1) is 8.43. The molecule has 2 heteroatoms. The predicted octanol–water partition coefficient (Wildman–Crippen LogP) is 3.58. The van der Waals surface area contributed by atoms with Crippen LogP contribution in [-0.2, 0) is 11.3 Å². The molecule has 0 N–H and O–H groups in total. The van der Waals surface area contributed by atoms with Crippen molar-refractivity contribution in [3.63, 3.8) is 0 Å². The fourth-order valence-corrected chi connectivity index (χ4v) is 1.48. The molecule has 1 aromatic carbocycles. The molecule has 0 bridgehead atoms. The third kappa shape index (κ3) is 5.03. The van der Waals surface area contributed by atoms with Gasteiger partial charge < -0.3 is 4.74 Å². The van der Waals surface area contributed by atoms with Crippen molar-refractivity contribution in [3.05, 3.63) is 42.0 Å². The number of ether oxygens (including phenoxy) is 1. The maximum absolute atomic E-state index is 5.69. The Balaban J connectivity index is 2.27. The molecule has 18 heavy (non-hydrogen) atoms. The number of rotatable bonds is 6. The standard InChI is InChI=1S/C16H25NO/c1-6-14-7-9-15(10-8-14)13-18-12-11-17(5)16(2,3)4/h6-10H,1,11-13H2,2-5H3. The number of benzene rings is 1. The highest BCUT2D eigenvalue weighted by Crippen LogP contribution is 2.10. The monoisotopic (exact) mass is 247 g/mol. The first-order valence-corrected chi connectivity index (χ1v) is 6.44. The Morgan fingerprint density at radius 1 is 1.22 bits per heavy atom. The molecule has 0 spiro atoms. The van der Waals surface area contributed by atoms with E-state index in [1.165, 1.54) is 5.56 Å². The highest BCUT2D eigenvalue weighted by atomic mass is 16.5. The Kier molecular flexibility index (Phi) is 5.57. The van der Waals surface area contributed by atoms with E-state index in [0.717, 1.165) is 18.7 Å². The molecule has 0 aromatic heterocycles. The average molecular weight is 247 g/mol. The highest BCUT2D eigenvalue weighted by molar-refractivity contribution is 5.47. The van der Waals surface area contributed by atoms with Crippen LogP contribution in [-0.4, -0.2) is 30.6 Å². The van der Waals surface area contributed by atoms with E-state index in [9.17, 15) is 0 Å². The SMILES string of the molecule is C=Cc1ccc(COCCN(C)C(C)(C)C)cc1. The normalized spacial score (nSPS) is 11.8. The van der Waals surface area contributed by atoms with Crippen molar-refractivity contribution in [3.8, 4) is 0 Å². The summed E-state index contributed by atoms with van der Waals surface area (Å²) in [7, 11) is 2.13. The minimum absolute atomic E-state index is 0.203. The molecule has 0 atom stereocenters. The zero-order valence-electron chi connectivity index (χ0n) is 12.1. The molecule has 0 radical (unpaired) electrons. The predicted molar refractivity (Wildman–Crippen MR) is 78.6 cm³/mol. The molecule has 0 aliphatic rings. The molecular formula is C16H25NO. The van der Waals surface area contributed by atoms with Gasteiger partial charge in [-0.25, -0.2) is 0 Å². The fraction of sp³-hybridized carbons (Fsp3) is 0.500. The number of hydrogen-bond acceptors (Lipinski definition) is 2. The topological polar surface area (TPSA) is 12.5 Å². The lowest BCUT2D eigenvalue weighted by Crippen LogP contribution is -2.40. The summed E-state index contributed by atoms with van der Waals surface area (Å²) in [5.41, 5.74) is 2.56. The van der Waals surface area contributed by atoms with Gasteiger partial charge in [-0.1, -0.05) is 36.9 Å². The van der Waals surface area contributed by atoms with Gasteiger partial charge in [0.15, 0.2) is 0 Å². The van der Waals surface area contributed by atoms with Crippen LogP contribution in [0.25, 0.3) is 6.08 Å².